The molecule has 19 heavy (non-hydrogen) atoms. The van der Waals surface area contributed by atoms with Crippen molar-refractivity contribution in [1.29, 1.82) is 0 Å². The second-order valence-corrected chi connectivity index (χ2v) is 11.7. The van der Waals surface area contributed by atoms with Crippen LogP contribution in [0.25, 0.3) is 0 Å². The number of carbonyl (C=O) groups excluding carboxylic acids is 1. The van der Waals surface area contributed by atoms with Crippen LogP contribution in [0.1, 0.15) is 6.92 Å². The number of rotatable bonds is 7. The van der Waals surface area contributed by atoms with Gasteiger partial charge in [-0.1, -0.05) is 19.6 Å². The van der Waals surface area contributed by atoms with Gasteiger partial charge in [0.15, 0.2) is 0 Å². The van der Waals surface area contributed by atoms with E-state index in [9.17, 15) is 4.79 Å². The summed E-state index contributed by atoms with van der Waals surface area (Å²) in [6.45, 7) is 12.2. The summed E-state index contributed by atoms with van der Waals surface area (Å²) in [5, 5.41) is 0. The Bertz CT molecular complexity index is 274. The van der Waals surface area contributed by atoms with Crippen molar-refractivity contribution in [3.63, 3.8) is 0 Å². The minimum atomic E-state index is -1.05. The van der Waals surface area contributed by atoms with Crippen LogP contribution in [-0.4, -0.2) is 64.7 Å². The van der Waals surface area contributed by atoms with Gasteiger partial charge in [0.2, 0.25) is 0 Å². The van der Waals surface area contributed by atoms with E-state index in [0.717, 1.165) is 6.04 Å². The Balaban J connectivity index is 2.12. The van der Waals surface area contributed by atoms with E-state index in [-0.39, 0.29) is 12.7 Å². The smallest absolute Gasteiger partial charge is 0.251 e. The molecule has 5 nitrogen and oxygen atoms in total. The Kier molecular flexibility index (Phi) is 6.99. The van der Waals surface area contributed by atoms with Crippen molar-refractivity contribution in [2.75, 3.05) is 39.7 Å². The van der Waals surface area contributed by atoms with Crippen LogP contribution in [0.15, 0.2) is 0 Å². The van der Waals surface area contributed by atoms with Crippen LogP contribution in [0.5, 0.6) is 0 Å². The van der Waals surface area contributed by atoms with Gasteiger partial charge in [-0.15, -0.1) is 0 Å². The third kappa shape index (κ3) is 7.05. The van der Waals surface area contributed by atoms with E-state index in [0.29, 0.717) is 32.9 Å². The van der Waals surface area contributed by atoms with Gasteiger partial charge in [0.1, 0.15) is 12.9 Å². The second-order valence-electron chi connectivity index (χ2n) is 6.08. The molecular formula is C13H27NO4Si. The Morgan fingerprint density at radius 3 is 2.53 bits per heavy atom. The normalized spacial score (nSPS) is 18.4. The molecule has 0 saturated carbocycles. The molecule has 1 aliphatic heterocycles. The molecule has 0 bridgehead atoms. The Labute approximate surface area is 117 Å². The molecule has 1 aliphatic rings. The molecule has 1 saturated heterocycles. The Morgan fingerprint density at radius 2 is 1.95 bits per heavy atom. The summed E-state index contributed by atoms with van der Waals surface area (Å²) in [6.07, 6.45) is -0.440. The van der Waals surface area contributed by atoms with Gasteiger partial charge >= 0.3 is 0 Å². The van der Waals surface area contributed by atoms with Gasteiger partial charge in [0.25, 0.3) is 5.91 Å². The van der Waals surface area contributed by atoms with Gasteiger partial charge in [-0.25, -0.2) is 0 Å². The number of morpholine rings is 1. The first-order valence-electron chi connectivity index (χ1n) is 6.96. The molecule has 0 spiro atoms. The highest BCUT2D eigenvalue weighted by Crippen LogP contribution is 2.08. The molecule has 1 atom stereocenters. The van der Waals surface area contributed by atoms with Crippen LogP contribution in [-0.2, 0) is 19.0 Å². The molecule has 0 aromatic heterocycles. The minimum Gasteiger partial charge on any atom is -0.378 e. The molecule has 0 aromatic rings. The quantitative estimate of drug-likeness (QED) is 0.405. The molecule has 0 radical (unpaired) electrons. The lowest BCUT2D eigenvalue weighted by Gasteiger charge is -2.29. The van der Waals surface area contributed by atoms with E-state index in [1.54, 1.807) is 11.8 Å². The molecule has 112 valence electrons. The predicted octanol–water partition coefficient (Wildman–Crippen LogP) is 1.56. The molecule has 0 N–H and O–H groups in total. The first kappa shape index (κ1) is 16.6. The molecule has 1 fully saturated rings. The van der Waals surface area contributed by atoms with Gasteiger partial charge < -0.3 is 19.1 Å². The maximum absolute atomic E-state index is 12.0. The lowest BCUT2D eigenvalue weighted by atomic mass is 10.3. The van der Waals surface area contributed by atoms with Crippen molar-refractivity contribution >= 4 is 14.0 Å². The zero-order valence-electron chi connectivity index (χ0n) is 12.6. The molecule has 0 aliphatic carbocycles. The van der Waals surface area contributed by atoms with E-state index in [2.05, 4.69) is 19.6 Å². The summed E-state index contributed by atoms with van der Waals surface area (Å²) in [4.78, 5) is 13.8. The number of hydrogen-bond acceptors (Lipinski definition) is 4. The summed E-state index contributed by atoms with van der Waals surface area (Å²) < 4.78 is 16.1. The lowest BCUT2D eigenvalue weighted by molar-refractivity contribution is -0.155. The summed E-state index contributed by atoms with van der Waals surface area (Å²) in [6, 6.07) is 1.11. The summed E-state index contributed by atoms with van der Waals surface area (Å²) >= 11 is 0. The van der Waals surface area contributed by atoms with Gasteiger partial charge in [-0.05, 0) is 13.0 Å². The van der Waals surface area contributed by atoms with Crippen LogP contribution in [0.4, 0.5) is 0 Å². The minimum absolute atomic E-state index is 0.0251. The van der Waals surface area contributed by atoms with Crippen molar-refractivity contribution in [1.82, 2.24) is 4.90 Å². The molecule has 1 heterocycles. The first-order valence-corrected chi connectivity index (χ1v) is 10.7. The van der Waals surface area contributed by atoms with Crippen LogP contribution in [0.3, 0.4) is 0 Å². The first-order chi connectivity index (χ1) is 8.90. The number of amides is 1. The predicted molar refractivity (Wildman–Crippen MR) is 76.9 cm³/mol. The van der Waals surface area contributed by atoms with E-state index in [1.807, 2.05) is 0 Å². The number of carbonyl (C=O) groups is 1. The SMILES string of the molecule is C[C@H](OCOCC[Si](C)(C)C)C(=O)N1CCOCC1. The average molecular weight is 289 g/mol. The highest BCUT2D eigenvalue weighted by Gasteiger charge is 2.22. The topological polar surface area (TPSA) is 48.0 Å². The van der Waals surface area contributed by atoms with E-state index in [1.165, 1.54) is 0 Å². The van der Waals surface area contributed by atoms with Crippen LogP contribution < -0.4 is 0 Å². The zero-order chi connectivity index (χ0) is 14.3. The van der Waals surface area contributed by atoms with Crippen molar-refractivity contribution in [3.8, 4) is 0 Å². The molecule has 0 unspecified atom stereocenters. The Hall–Kier alpha value is -0.433. The maximum Gasteiger partial charge on any atom is 0.251 e. The van der Waals surface area contributed by atoms with Gasteiger partial charge in [-0.2, -0.15) is 0 Å². The standard InChI is InChI=1S/C13H27NO4Si/c1-12(13(15)14-5-7-16-8-6-14)18-11-17-9-10-19(2,3)4/h12H,5-11H2,1-4H3/t12-/m0/s1. The monoisotopic (exact) mass is 289 g/mol. The van der Waals surface area contributed by atoms with Gasteiger partial charge in [0.05, 0.1) is 13.2 Å². The van der Waals surface area contributed by atoms with Gasteiger partial charge in [-0.3, -0.25) is 4.79 Å². The van der Waals surface area contributed by atoms with Crippen molar-refractivity contribution in [2.45, 2.75) is 38.7 Å². The fourth-order valence-electron chi connectivity index (χ4n) is 1.70. The van der Waals surface area contributed by atoms with E-state index >= 15 is 0 Å². The summed E-state index contributed by atoms with van der Waals surface area (Å²) in [7, 11) is -1.05. The number of ether oxygens (including phenoxy) is 3. The molecule has 1 amide bonds. The largest absolute Gasteiger partial charge is 0.378 e. The molecule has 0 aromatic carbocycles. The molecule has 1 rings (SSSR count). The highest BCUT2D eigenvalue weighted by molar-refractivity contribution is 6.76. The Morgan fingerprint density at radius 1 is 1.32 bits per heavy atom. The fraction of sp³-hybridized carbons (Fsp3) is 0.923. The maximum atomic E-state index is 12.0. The second kappa shape index (κ2) is 7.99. The van der Waals surface area contributed by atoms with E-state index in [4.69, 9.17) is 14.2 Å². The zero-order valence-corrected chi connectivity index (χ0v) is 13.6. The lowest BCUT2D eigenvalue weighted by Crippen LogP contribution is -2.45. The van der Waals surface area contributed by atoms with Crippen LogP contribution in [0, 0.1) is 0 Å². The summed E-state index contributed by atoms with van der Waals surface area (Å²) in [5.74, 6) is 0.0251. The van der Waals surface area contributed by atoms with Crippen molar-refractivity contribution in [3.05, 3.63) is 0 Å². The average Bonchev–Trinajstić information content (AvgIpc) is 2.37. The summed E-state index contributed by atoms with van der Waals surface area (Å²) in [5.41, 5.74) is 0. The number of nitrogens with zero attached hydrogens (tertiary/aromatic N) is 1. The van der Waals surface area contributed by atoms with Gasteiger partial charge in [0, 0.05) is 27.8 Å². The molecular weight excluding hydrogens is 262 g/mol. The van der Waals surface area contributed by atoms with Crippen LogP contribution in [0.2, 0.25) is 25.7 Å². The van der Waals surface area contributed by atoms with Crippen molar-refractivity contribution < 1.29 is 19.0 Å². The third-order valence-electron chi connectivity index (χ3n) is 3.07. The van der Waals surface area contributed by atoms with Crippen LogP contribution >= 0.6 is 0 Å². The van der Waals surface area contributed by atoms with E-state index < -0.39 is 14.2 Å². The highest BCUT2D eigenvalue weighted by atomic mass is 28.3. The number of hydrogen-bond donors (Lipinski definition) is 0. The molecule has 6 heteroatoms. The van der Waals surface area contributed by atoms with Crippen molar-refractivity contribution in [2.24, 2.45) is 0 Å². The fourth-order valence-corrected chi connectivity index (χ4v) is 2.46. The third-order valence-corrected chi connectivity index (χ3v) is 4.77.